The van der Waals surface area contributed by atoms with Crippen LogP contribution in [0.4, 0.5) is 16.2 Å². The zero-order valence-electron chi connectivity index (χ0n) is 19.0. The van der Waals surface area contributed by atoms with Gasteiger partial charge in [0.05, 0.1) is 11.1 Å². The maximum Gasteiger partial charge on any atom is 0.348 e. The molecule has 0 radical (unpaired) electrons. The molecular formula is C23H23N5O6S. The van der Waals surface area contributed by atoms with Crippen molar-refractivity contribution in [2.24, 2.45) is 4.99 Å². The van der Waals surface area contributed by atoms with Crippen molar-refractivity contribution in [3.63, 3.8) is 0 Å². The lowest BCUT2D eigenvalue weighted by atomic mass is 10.2. The van der Waals surface area contributed by atoms with E-state index in [1.807, 2.05) is 0 Å². The van der Waals surface area contributed by atoms with Gasteiger partial charge in [-0.1, -0.05) is 12.1 Å². The van der Waals surface area contributed by atoms with Gasteiger partial charge in [0.25, 0.3) is 5.91 Å². The number of nitrogens with one attached hydrogen (secondary N) is 2. The Kier molecular flexibility index (Phi) is 6.56. The normalized spacial score (nSPS) is 15.4. The van der Waals surface area contributed by atoms with Crippen LogP contribution >= 0.6 is 0 Å². The fourth-order valence-corrected chi connectivity index (χ4v) is 4.08. The highest BCUT2D eigenvalue weighted by molar-refractivity contribution is 7.90. The van der Waals surface area contributed by atoms with Gasteiger partial charge >= 0.3 is 12.1 Å². The lowest BCUT2D eigenvalue weighted by Crippen LogP contribution is -2.31. The average molecular weight is 498 g/mol. The second-order valence-electron chi connectivity index (χ2n) is 8.02. The standard InChI is InChI=1S/C23H23N5O6S/c1-15(29)24-17-5-7-18(8-6-17)25-21(30)20-14-28-12-11-27(22(31)26-23(28)34-20)13-16-3-9-19(10-4-16)35(2,32)33/h3-10,14H,11-13H2,1-2H3,(H,24,29)(H,25,30). The first-order valence-electron chi connectivity index (χ1n) is 10.6. The van der Waals surface area contributed by atoms with Crippen molar-refractivity contribution in [2.45, 2.75) is 18.4 Å². The number of hydrogen-bond donors (Lipinski definition) is 2. The Hall–Kier alpha value is -4.19. The molecule has 2 aromatic carbocycles. The maximum absolute atomic E-state index is 12.6. The molecule has 0 saturated carbocycles. The monoisotopic (exact) mass is 497 g/mol. The van der Waals surface area contributed by atoms with Crippen LogP contribution in [0.5, 0.6) is 0 Å². The number of ether oxygens (including phenoxy) is 1. The second kappa shape index (κ2) is 9.58. The predicted octanol–water partition coefficient (Wildman–Crippen LogP) is 2.15. The van der Waals surface area contributed by atoms with E-state index in [0.29, 0.717) is 24.5 Å². The third kappa shape index (κ3) is 5.84. The van der Waals surface area contributed by atoms with Crippen molar-refractivity contribution >= 4 is 45.1 Å². The third-order valence-corrected chi connectivity index (χ3v) is 6.33. The van der Waals surface area contributed by atoms with Gasteiger partial charge in [-0.3, -0.25) is 14.5 Å². The number of benzene rings is 2. The van der Waals surface area contributed by atoms with E-state index in [4.69, 9.17) is 4.74 Å². The van der Waals surface area contributed by atoms with E-state index in [2.05, 4.69) is 15.6 Å². The predicted molar refractivity (Wildman–Crippen MR) is 128 cm³/mol. The maximum atomic E-state index is 12.6. The molecule has 11 nitrogen and oxygen atoms in total. The molecule has 0 unspecified atom stereocenters. The van der Waals surface area contributed by atoms with Crippen LogP contribution in [0.15, 0.2) is 70.4 Å². The van der Waals surface area contributed by atoms with Crippen LogP contribution in [-0.2, 0) is 30.7 Å². The number of nitrogens with zero attached hydrogens (tertiary/aromatic N) is 3. The quantitative estimate of drug-likeness (QED) is 0.624. The van der Waals surface area contributed by atoms with Crippen molar-refractivity contribution < 1.29 is 27.5 Å². The van der Waals surface area contributed by atoms with E-state index in [1.165, 1.54) is 30.2 Å². The number of amidine groups is 1. The highest BCUT2D eigenvalue weighted by Crippen LogP contribution is 2.21. The molecule has 0 fully saturated rings. The van der Waals surface area contributed by atoms with E-state index in [1.54, 1.807) is 41.3 Å². The first kappa shape index (κ1) is 24.0. The molecule has 2 N–H and O–H groups in total. The minimum atomic E-state index is -3.30. The number of sulfone groups is 1. The number of aliphatic imine (C=N–C) groups is 1. The molecule has 2 aromatic rings. The van der Waals surface area contributed by atoms with Crippen molar-refractivity contribution in [2.75, 3.05) is 30.0 Å². The lowest BCUT2D eigenvalue weighted by molar-refractivity contribution is -0.115. The molecule has 2 aliphatic heterocycles. The van der Waals surface area contributed by atoms with Gasteiger partial charge in [-0.05, 0) is 42.0 Å². The van der Waals surface area contributed by atoms with Gasteiger partial charge in [-0.15, -0.1) is 4.99 Å². The summed E-state index contributed by atoms with van der Waals surface area (Å²) in [7, 11) is -3.30. The van der Waals surface area contributed by atoms with Gasteiger partial charge in [-0.25, -0.2) is 13.2 Å². The van der Waals surface area contributed by atoms with Crippen LogP contribution in [-0.4, -0.2) is 61.4 Å². The van der Waals surface area contributed by atoms with E-state index < -0.39 is 21.8 Å². The van der Waals surface area contributed by atoms with Gasteiger partial charge in [0.15, 0.2) is 9.84 Å². The summed E-state index contributed by atoms with van der Waals surface area (Å²) in [4.78, 5) is 43.6. The van der Waals surface area contributed by atoms with Crippen molar-refractivity contribution in [3.05, 3.63) is 66.1 Å². The van der Waals surface area contributed by atoms with Gasteiger partial charge in [0, 0.05) is 44.2 Å². The Bertz CT molecular complexity index is 1330. The largest absolute Gasteiger partial charge is 0.418 e. The first-order valence-corrected chi connectivity index (χ1v) is 12.5. The summed E-state index contributed by atoms with van der Waals surface area (Å²) in [6, 6.07) is 12.4. The zero-order chi connectivity index (χ0) is 25.2. The molecule has 0 bridgehead atoms. The highest BCUT2D eigenvalue weighted by atomic mass is 32.2. The number of amides is 4. The average Bonchev–Trinajstić information content (AvgIpc) is 3.13. The van der Waals surface area contributed by atoms with E-state index >= 15 is 0 Å². The molecular weight excluding hydrogens is 474 g/mol. The molecule has 0 aromatic heterocycles. The van der Waals surface area contributed by atoms with Crippen LogP contribution in [0.1, 0.15) is 12.5 Å². The van der Waals surface area contributed by atoms with Gasteiger partial charge in [-0.2, -0.15) is 0 Å². The highest BCUT2D eigenvalue weighted by Gasteiger charge is 2.31. The Balaban J connectivity index is 1.37. The molecule has 4 amide bonds. The van der Waals surface area contributed by atoms with Gasteiger partial charge in [0.1, 0.15) is 0 Å². The van der Waals surface area contributed by atoms with Crippen LogP contribution in [0, 0.1) is 0 Å². The summed E-state index contributed by atoms with van der Waals surface area (Å²) in [5.41, 5.74) is 1.86. The fourth-order valence-electron chi connectivity index (χ4n) is 3.45. The molecule has 0 saturated heterocycles. The van der Waals surface area contributed by atoms with Crippen LogP contribution < -0.4 is 10.6 Å². The molecule has 0 atom stereocenters. The smallest absolute Gasteiger partial charge is 0.348 e. The summed E-state index contributed by atoms with van der Waals surface area (Å²) >= 11 is 0. The summed E-state index contributed by atoms with van der Waals surface area (Å²) < 4.78 is 28.8. The second-order valence-corrected chi connectivity index (χ2v) is 10.0. The van der Waals surface area contributed by atoms with Crippen LogP contribution in [0.3, 0.4) is 0 Å². The number of anilines is 2. The molecule has 0 spiro atoms. The van der Waals surface area contributed by atoms with Gasteiger partial charge < -0.3 is 20.3 Å². The number of urea groups is 1. The van der Waals surface area contributed by atoms with Crippen molar-refractivity contribution in [3.8, 4) is 0 Å². The number of carbonyl (C=O) groups is 3. The lowest BCUT2D eigenvalue weighted by Gasteiger charge is -2.19. The summed E-state index contributed by atoms with van der Waals surface area (Å²) in [6.45, 7) is 2.33. The number of fused-ring (bicyclic) bond motifs is 1. The van der Waals surface area contributed by atoms with E-state index in [9.17, 15) is 22.8 Å². The van der Waals surface area contributed by atoms with Crippen LogP contribution in [0.25, 0.3) is 0 Å². The minimum Gasteiger partial charge on any atom is -0.418 e. The Morgan fingerprint density at radius 2 is 1.63 bits per heavy atom. The molecule has 0 aliphatic carbocycles. The SMILES string of the molecule is CC(=O)Nc1ccc(NC(=O)C2=CN3CCN(Cc4ccc(S(C)(=O)=O)cc4)C(=O)N=C3O2)cc1. The van der Waals surface area contributed by atoms with Gasteiger partial charge in [0.2, 0.25) is 11.7 Å². The molecule has 182 valence electrons. The van der Waals surface area contributed by atoms with Crippen molar-refractivity contribution in [1.29, 1.82) is 0 Å². The molecule has 2 heterocycles. The number of hydrogen-bond acceptors (Lipinski definition) is 7. The van der Waals surface area contributed by atoms with Crippen LogP contribution in [0.2, 0.25) is 0 Å². The Morgan fingerprint density at radius 3 is 2.23 bits per heavy atom. The number of rotatable bonds is 6. The van der Waals surface area contributed by atoms with E-state index in [0.717, 1.165) is 11.8 Å². The third-order valence-electron chi connectivity index (χ3n) is 5.20. The Morgan fingerprint density at radius 1 is 1.00 bits per heavy atom. The molecule has 2 aliphatic rings. The summed E-state index contributed by atoms with van der Waals surface area (Å²) in [5.74, 6) is -0.715. The van der Waals surface area contributed by atoms with Crippen molar-refractivity contribution in [1.82, 2.24) is 9.80 Å². The zero-order valence-corrected chi connectivity index (χ0v) is 19.8. The Labute approximate surface area is 202 Å². The molecule has 4 rings (SSSR count). The topological polar surface area (TPSA) is 137 Å². The molecule has 12 heteroatoms. The summed E-state index contributed by atoms with van der Waals surface area (Å²) in [5, 5.41) is 5.33. The number of carbonyl (C=O) groups excluding carboxylic acids is 3. The molecule has 35 heavy (non-hydrogen) atoms. The first-order chi connectivity index (χ1) is 16.6. The fraction of sp³-hybridized carbons (Fsp3) is 0.217. The minimum absolute atomic E-state index is 0.00713. The van der Waals surface area contributed by atoms with E-state index in [-0.39, 0.29) is 29.1 Å². The summed E-state index contributed by atoms with van der Waals surface area (Å²) in [6.07, 6.45) is 2.62.